The fourth-order valence-corrected chi connectivity index (χ4v) is 1.96. The van der Waals surface area contributed by atoms with Crippen LogP contribution in [0.4, 0.5) is 5.69 Å². The Morgan fingerprint density at radius 2 is 2.10 bits per heavy atom. The summed E-state index contributed by atoms with van der Waals surface area (Å²) in [6.07, 6.45) is 3.69. The Bertz CT molecular complexity index is 586. The lowest BCUT2D eigenvalue weighted by Gasteiger charge is -2.20. The van der Waals surface area contributed by atoms with Crippen LogP contribution in [0.5, 0.6) is 0 Å². The summed E-state index contributed by atoms with van der Waals surface area (Å²) in [5, 5.41) is 4.11. The average molecular weight is 331 g/mol. The Kier molecular flexibility index (Phi) is 7.84. The van der Waals surface area contributed by atoms with Crippen molar-refractivity contribution in [3.63, 3.8) is 0 Å². The number of hydrogen-bond donors (Lipinski definition) is 1. The summed E-state index contributed by atoms with van der Waals surface area (Å²) in [5.74, 6) is -0.0151. The van der Waals surface area contributed by atoms with Crippen LogP contribution in [0, 0.1) is 0 Å². The summed E-state index contributed by atoms with van der Waals surface area (Å²) in [7, 11) is 1.86. The SMILES string of the molecule is CCN(Cc1cnn(C)c1)C(=O)c1cccc(N)c1.Cl.Cl. The van der Waals surface area contributed by atoms with Gasteiger partial charge in [0.05, 0.1) is 6.20 Å². The highest BCUT2D eigenvalue weighted by Crippen LogP contribution is 2.12. The van der Waals surface area contributed by atoms with Gasteiger partial charge in [-0.3, -0.25) is 9.48 Å². The molecule has 2 rings (SSSR count). The molecule has 0 spiro atoms. The van der Waals surface area contributed by atoms with Crippen molar-refractivity contribution in [3.05, 3.63) is 47.8 Å². The third-order valence-electron chi connectivity index (χ3n) is 2.93. The van der Waals surface area contributed by atoms with Crippen LogP contribution >= 0.6 is 24.8 Å². The lowest BCUT2D eigenvalue weighted by atomic mass is 10.1. The molecule has 116 valence electrons. The van der Waals surface area contributed by atoms with Crippen LogP contribution in [-0.2, 0) is 13.6 Å². The van der Waals surface area contributed by atoms with Crippen molar-refractivity contribution >= 4 is 36.4 Å². The van der Waals surface area contributed by atoms with Gasteiger partial charge in [-0.15, -0.1) is 24.8 Å². The van der Waals surface area contributed by atoms with Crippen molar-refractivity contribution in [1.82, 2.24) is 14.7 Å². The zero-order valence-electron chi connectivity index (χ0n) is 12.0. The maximum Gasteiger partial charge on any atom is 0.254 e. The van der Waals surface area contributed by atoms with E-state index in [1.807, 2.05) is 20.2 Å². The summed E-state index contributed by atoms with van der Waals surface area (Å²) >= 11 is 0. The number of aryl methyl sites for hydroxylation is 1. The molecule has 0 aliphatic rings. The van der Waals surface area contributed by atoms with Crippen LogP contribution in [0.2, 0.25) is 0 Å². The van der Waals surface area contributed by atoms with Crippen LogP contribution in [0.3, 0.4) is 0 Å². The number of nitrogens with zero attached hydrogens (tertiary/aromatic N) is 3. The first-order valence-corrected chi connectivity index (χ1v) is 6.22. The Morgan fingerprint density at radius 1 is 1.38 bits per heavy atom. The average Bonchev–Trinajstić information content (AvgIpc) is 2.81. The molecule has 7 heteroatoms. The number of rotatable bonds is 4. The Balaban J connectivity index is 0.00000200. The molecule has 2 N–H and O–H groups in total. The molecule has 0 fully saturated rings. The minimum atomic E-state index is -0.0151. The Labute approximate surface area is 136 Å². The number of carbonyl (C=O) groups is 1. The van der Waals surface area contributed by atoms with Gasteiger partial charge in [0.15, 0.2) is 0 Å². The van der Waals surface area contributed by atoms with E-state index in [0.29, 0.717) is 24.3 Å². The quantitative estimate of drug-likeness (QED) is 0.876. The van der Waals surface area contributed by atoms with E-state index in [4.69, 9.17) is 5.73 Å². The largest absolute Gasteiger partial charge is 0.399 e. The zero-order valence-corrected chi connectivity index (χ0v) is 13.7. The minimum absolute atomic E-state index is 0. The van der Waals surface area contributed by atoms with Crippen molar-refractivity contribution in [2.75, 3.05) is 12.3 Å². The van der Waals surface area contributed by atoms with Gasteiger partial charge < -0.3 is 10.6 Å². The van der Waals surface area contributed by atoms with Gasteiger partial charge in [-0.1, -0.05) is 6.07 Å². The van der Waals surface area contributed by atoms with Crippen LogP contribution in [-0.4, -0.2) is 27.1 Å². The molecule has 1 aromatic carbocycles. The molecule has 0 aliphatic carbocycles. The van der Waals surface area contributed by atoms with E-state index in [1.54, 1.807) is 40.0 Å². The van der Waals surface area contributed by atoms with Gasteiger partial charge in [0.1, 0.15) is 0 Å². The first-order valence-electron chi connectivity index (χ1n) is 6.22. The molecular formula is C14H20Cl2N4O. The molecule has 1 aromatic heterocycles. The molecule has 1 amide bonds. The second-order valence-corrected chi connectivity index (χ2v) is 4.47. The molecule has 21 heavy (non-hydrogen) atoms. The van der Waals surface area contributed by atoms with E-state index in [-0.39, 0.29) is 30.7 Å². The van der Waals surface area contributed by atoms with E-state index in [2.05, 4.69) is 5.10 Å². The van der Waals surface area contributed by atoms with Crippen LogP contribution in [0.15, 0.2) is 36.7 Å². The minimum Gasteiger partial charge on any atom is -0.399 e. The second-order valence-electron chi connectivity index (χ2n) is 4.47. The van der Waals surface area contributed by atoms with E-state index >= 15 is 0 Å². The molecule has 0 atom stereocenters. The molecule has 0 aliphatic heterocycles. The molecule has 0 radical (unpaired) electrons. The number of halogens is 2. The first-order chi connectivity index (χ1) is 9.10. The highest BCUT2D eigenvalue weighted by molar-refractivity contribution is 5.95. The number of hydrogen-bond acceptors (Lipinski definition) is 3. The normalized spacial score (nSPS) is 9.43. The molecule has 0 bridgehead atoms. The Hall–Kier alpha value is -1.72. The smallest absolute Gasteiger partial charge is 0.254 e. The molecule has 0 saturated heterocycles. The lowest BCUT2D eigenvalue weighted by molar-refractivity contribution is 0.0752. The summed E-state index contributed by atoms with van der Waals surface area (Å²) in [6, 6.07) is 7.05. The highest BCUT2D eigenvalue weighted by atomic mass is 35.5. The predicted molar refractivity (Wildman–Crippen MR) is 89.0 cm³/mol. The van der Waals surface area contributed by atoms with Crippen molar-refractivity contribution in [2.45, 2.75) is 13.5 Å². The van der Waals surface area contributed by atoms with Crippen LogP contribution < -0.4 is 5.73 Å². The summed E-state index contributed by atoms with van der Waals surface area (Å²) < 4.78 is 1.73. The molecule has 1 heterocycles. The summed E-state index contributed by atoms with van der Waals surface area (Å²) in [4.78, 5) is 14.2. The number of carbonyl (C=O) groups excluding carboxylic acids is 1. The molecule has 2 aromatic rings. The number of nitrogens with two attached hydrogens (primary N) is 1. The maximum atomic E-state index is 12.4. The van der Waals surface area contributed by atoms with E-state index in [1.165, 1.54) is 0 Å². The third kappa shape index (κ3) is 4.95. The monoisotopic (exact) mass is 330 g/mol. The van der Waals surface area contributed by atoms with Crippen molar-refractivity contribution < 1.29 is 4.79 Å². The number of anilines is 1. The van der Waals surface area contributed by atoms with Crippen molar-refractivity contribution in [2.24, 2.45) is 7.05 Å². The van der Waals surface area contributed by atoms with E-state index in [0.717, 1.165) is 5.56 Å². The summed E-state index contributed by atoms with van der Waals surface area (Å²) in [6.45, 7) is 3.15. The van der Waals surface area contributed by atoms with Gasteiger partial charge in [-0.2, -0.15) is 5.10 Å². The molecule has 0 saturated carbocycles. The number of benzene rings is 1. The van der Waals surface area contributed by atoms with Crippen LogP contribution in [0.25, 0.3) is 0 Å². The number of nitrogen functional groups attached to an aromatic ring is 1. The van der Waals surface area contributed by atoms with Gasteiger partial charge in [-0.25, -0.2) is 0 Å². The van der Waals surface area contributed by atoms with Gasteiger partial charge in [-0.05, 0) is 25.1 Å². The van der Waals surface area contributed by atoms with Gasteiger partial charge in [0.25, 0.3) is 5.91 Å². The van der Waals surface area contributed by atoms with Crippen molar-refractivity contribution in [1.29, 1.82) is 0 Å². The van der Waals surface area contributed by atoms with Crippen LogP contribution in [0.1, 0.15) is 22.8 Å². The molecule has 0 unspecified atom stereocenters. The number of aromatic nitrogens is 2. The Morgan fingerprint density at radius 3 is 2.62 bits per heavy atom. The lowest BCUT2D eigenvalue weighted by Crippen LogP contribution is -2.30. The first kappa shape index (κ1) is 19.3. The molecular weight excluding hydrogens is 311 g/mol. The number of amides is 1. The van der Waals surface area contributed by atoms with E-state index < -0.39 is 0 Å². The van der Waals surface area contributed by atoms with Crippen molar-refractivity contribution in [3.8, 4) is 0 Å². The predicted octanol–water partition coefficient (Wildman–Crippen LogP) is 2.51. The van der Waals surface area contributed by atoms with Gasteiger partial charge in [0.2, 0.25) is 0 Å². The van der Waals surface area contributed by atoms with Gasteiger partial charge in [0, 0.05) is 43.1 Å². The third-order valence-corrected chi connectivity index (χ3v) is 2.93. The fourth-order valence-electron chi connectivity index (χ4n) is 1.96. The fraction of sp³-hybridized carbons (Fsp3) is 0.286. The topological polar surface area (TPSA) is 64.2 Å². The maximum absolute atomic E-state index is 12.4. The second kappa shape index (κ2) is 8.54. The summed E-state index contributed by atoms with van der Waals surface area (Å²) in [5.41, 5.74) is 7.94. The van der Waals surface area contributed by atoms with E-state index in [9.17, 15) is 4.79 Å². The molecule has 5 nitrogen and oxygen atoms in total. The highest BCUT2D eigenvalue weighted by Gasteiger charge is 2.15. The standard InChI is InChI=1S/C14H18N4O.2ClH/c1-3-18(10-11-8-16-17(2)9-11)14(19)12-5-4-6-13(15)7-12;;/h4-9H,3,10,15H2,1-2H3;2*1H. The zero-order chi connectivity index (χ0) is 13.8. The van der Waals surface area contributed by atoms with Gasteiger partial charge >= 0.3 is 0 Å².